The second-order valence-electron chi connectivity index (χ2n) is 10.3. The molecule has 0 saturated carbocycles. The molecule has 2 heterocycles. The van der Waals surface area contributed by atoms with Crippen LogP contribution in [0.3, 0.4) is 0 Å². The average Bonchev–Trinajstić information content (AvgIpc) is 3.26. The van der Waals surface area contributed by atoms with E-state index in [1.807, 2.05) is 22.6 Å². The molecule has 2 aromatic heterocycles. The van der Waals surface area contributed by atoms with E-state index in [0.29, 0.717) is 20.1 Å². The van der Waals surface area contributed by atoms with Crippen LogP contribution in [0.4, 0.5) is 9.18 Å². The number of esters is 1. The summed E-state index contributed by atoms with van der Waals surface area (Å²) in [5, 5.41) is 2.85. The van der Waals surface area contributed by atoms with Crippen LogP contribution < -0.4 is 10.1 Å². The first kappa shape index (κ1) is 31.2. The van der Waals surface area contributed by atoms with E-state index in [0.717, 1.165) is 3.97 Å². The summed E-state index contributed by atoms with van der Waals surface area (Å²) in [4.78, 5) is 28.9. The number of hydrogen-bond acceptors (Lipinski definition) is 8. The van der Waals surface area contributed by atoms with Gasteiger partial charge in [-0.3, -0.25) is 0 Å². The van der Waals surface area contributed by atoms with Crippen molar-refractivity contribution in [2.75, 3.05) is 7.11 Å². The standard InChI is InChI=1S/C29H29FIN3O7S/c1-17-8-6-7-9-24(17)42(37,38)34-16-20(31)25-23(12-13-32-26(25)34)40-22-11-10-18(14-19(22)30)15-21(27(35)39-5)33-28(36)41-29(2,3)4/h6-14,16,21H,15H2,1-5H3,(H,33,36). The molecular weight excluding hydrogens is 680 g/mol. The van der Waals surface area contributed by atoms with Crippen molar-refractivity contribution < 1.29 is 36.6 Å². The molecule has 0 radical (unpaired) electrons. The van der Waals surface area contributed by atoms with E-state index in [1.54, 1.807) is 52.0 Å². The van der Waals surface area contributed by atoms with Crippen molar-refractivity contribution in [1.29, 1.82) is 0 Å². The summed E-state index contributed by atoms with van der Waals surface area (Å²) >= 11 is 1.98. The molecule has 0 aliphatic heterocycles. The Labute approximate surface area is 256 Å². The van der Waals surface area contributed by atoms with Gasteiger partial charge in [-0.1, -0.05) is 24.3 Å². The predicted octanol–water partition coefficient (Wildman–Crippen LogP) is 5.73. The smallest absolute Gasteiger partial charge is 0.408 e. The number of ether oxygens (including phenoxy) is 3. The minimum absolute atomic E-state index is 0.0693. The van der Waals surface area contributed by atoms with Gasteiger partial charge < -0.3 is 19.5 Å². The van der Waals surface area contributed by atoms with Crippen LogP contribution in [0.2, 0.25) is 0 Å². The van der Waals surface area contributed by atoms with E-state index >= 15 is 4.39 Å². The molecule has 4 aromatic rings. The third-order valence-electron chi connectivity index (χ3n) is 6.03. The first-order valence-corrected chi connectivity index (χ1v) is 15.2. The number of carbonyl (C=O) groups excluding carboxylic acids is 2. The zero-order valence-corrected chi connectivity index (χ0v) is 26.4. The Balaban J connectivity index is 1.61. The maximum Gasteiger partial charge on any atom is 0.408 e. The summed E-state index contributed by atoms with van der Waals surface area (Å²) in [6, 6.07) is 11.1. The predicted molar refractivity (Wildman–Crippen MR) is 162 cm³/mol. The van der Waals surface area contributed by atoms with Crippen LogP contribution in [-0.4, -0.2) is 48.2 Å². The van der Waals surface area contributed by atoms with Gasteiger partial charge in [0.15, 0.2) is 17.2 Å². The highest BCUT2D eigenvalue weighted by molar-refractivity contribution is 14.1. The Morgan fingerprint density at radius 3 is 2.48 bits per heavy atom. The van der Waals surface area contributed by atoms with Gasteiger partial charge in [0.25, 0.3) is 10.0 Å². The summed E-state index contributed by atoms with van der Waals surface area (Å²) in [5.41, 5.74) is 0.319. The van der Waals surface area contributed by atoms with E-state index in [1.165, 1.54) is 43.8 Å². The second-order valence-corrected chi connectivity index (χ2v) is 13.3. The first-order valence-electron chi connectivity index (χ1n) is 12.7. The third-order valence-corrected chi connectivity index (χ3v) is 8.66. The summed E-state index contributed by atoms with van der Waals surface area (Å²) in [7, 11) is -2.80. The van der Waals surface area contributed by atoms with Crippen molar-refractivity contribution in [2.24, 2.45) is 0 Å². The van der Waals surface area contributed by atoms with E-state index in [2.05, 4.69) is 10.3 Å². The fourth-order valence-electron chi connectivity index (χ4n) is 4.17. The molecule has 0 fully saturated rings. The Morgan fingerprint density at radius 1 is 1.12 bits per heavy atom. The Morgan fingerprint density at radius 2 is 1.83 bits per heavy atom. The zero-order valence-electron chi connectivity index (χ0n) is 23.5. The van der Waals surface area contributed by atoms with Crippen molar-refractivity contribution >= 4 is 55.7 Å². The van der Waals surface area contributed by atoms with Crippen LogP contribution in [0.5, 0.6) is 11.5 Å². The molecule has 0 spiro atoms. The molecule has 4 rings (SSSR count). The largest absolute Gasteiger partial charge is 0.467 e. The molecule has 0 saturated heterocycles. The van der Waals surface area contributed by atoms with E-state index in [-0.39, 0.29) is 28.5 Å². The van der Waals surface area contributed by atoms with Crippen molar-refractivity contribution in [1.82, 2.24) is 14.3 Å². The Hall–Kier alpha value is -3.72. The lowest BCUT2D eigenvalue weighted by Gasteiger charge is -2.22. The van der Waals surface area contributed by atoms with Crippen molar-refractivity contribution in [2.45, 2.75) is 50.7 Å². The number of aryl methyl sites for hydroxylation is 1. The van der Waals surface area contributed by atoms with E-state index < -0.39 is 39.5 Å². The number of halogens is 2. The molecule has 0 bridgehead atoms. The number of pyridine rings is 1. The number of aromatic nitrogens is 2. The molecule has 1 N–H and O–H groups in total. The number of nitrogens with zero attached hydrogens (tertiary/aromatic N) is 2. The minimum Gasteiger partial charge on any atom is -0.467 e. The molecule has 1 atom stereocenters. The number of amides is 1. The molecular formula is C29H29FIN3O7S. The second kappa shape index (κ2) is 12.3. The zero-order chi connectivity index (χ0) is 30.8. The van der Waals surface area contributed by atoms with Crippen LogP contribution in [-0.2, 0) is 30.7 Å². The normalized spacial score (nSPS) is 12.5. The lowest BCUT2D eigenvalue weighted by atomic mass is 10.1. The van der Waals surface area contributed by atoms with Crippen LogP contribution in [0, 0.1) is 16.3 Å². The van der Waals surface area contributed by atoms with Crippen molar-refractivity contribution in [3.8, 4) is 11.5 Å². The number of methoxy groups -OCH3 is 1. The molecule has 0 aliphatic rings. The van der Waals surface area contributed by atoms with E-state index in [9.17, 15) is 18.0 Å². The highest BCUT2D eigenvalue weighted by Crippen LogP contribution is 2.36. The van der Waals surface area contributed by atoms with Crippen molar-refractivity contribution in [3.63, 3.8) is 0 Å². The van der Waals surface area contributed by atoms with E-state index in [4.69, 9.17) is 14.2 Å². The summed E-state index contributed by atoms with van der Waals surface area (Å²) < 4.78 is 59.7. The first-order chi connectivity index (χ1) is 19.7. The average molecular weight is 710 g/mol. The Kier molecular flexibility index (Phi) is 9.11. The number of benzene rings is 2. The molecule has 2 aromatic carbocycles. The number of nitrogens with one attached hydrogen (secondary N) is 1. The molecule has 1 unspecified atom stereocenters. The summed E-state index contributed by atoms with van der Waals surface area (Å²) in [6.07, 6.45) is 1.94. The lowest BCUT2D eigenvalue weighted by molar-refractivity contribution is -0.143. The number of hydrogen-bond donors (Lipinski definition) is 1. The molecule has 42 heavy (non-hydrogen) atoms. The highest BCUT2D eigenvalue weighted by Gasteiger charge is 2.27. The van der Waals surface area contributed by atoms with Crippen LogP contribution >= 0.6 is 22.6 Å². The fourth-order valence-corrected chi connectivity index (χ4v) is 6.69. The minimum atomic E-state index is -3.98. The van der Waals surface area contributed by atoms with Gasteiger partial charge in [-0.05, 0) is 85.7 Å². The molecule has 13 heteroatoms. The summed E-state index contributed by atoms with van der Waals surface area (Å²) in [6.45, 7) is 6.76. The molecule has 222 valence electrons. The van der Waals surface area contributed by atoms with Gasteiger partial charge in [-0.25, -0.2) is 31.4 Å². The topological polar surface area (TPSA) is 126 Å². The molecule has 0 aliphatic carbocycles. The van der Waals surface area contributed by atoms with Gasteiger partial charge in [0.1, 0.15) is 17.4 Å². The van der Waals surface area contributed by atoms with Crippen LogP contribution in [0.25, 0.3) is 11.0 Å². The van der Waals surface area contributed by atoms with Gasteiger partial charge in [0.05, 0.1) is 17.4 Å². The SMILES string of the molecule is COC(=O)C(Cc1ccc(Oc2ccnc3c2c(I)cn3S(=O)(=O)c2ccccc2C)c(F)c1)NC(=O)OC(C)(C)C. The molecule has 10 nitrogen and oxygen atoms in total. The lowest BCUT2D eigenvalue weighted by Crippen LogP contribution is -2.45. The maximum atomic E-state index is 15.2. The van der Waals surface area contributed by atoms with Gasteiger partial charge >= 0.3 is 12.1 Å². The third kappa shape index (κ3) is 6.84. The van der Waals surface area contributed by atoms with Gasteiger partial charge in [0.2, 0.25) is 0 Å². The summed E-state index contributed by atoms with van der Waals surface area (Å²) in [5.74, 6) is -1.39. The van der Waals surface area contributed by atoms with Gasteiger partial charge in [-0.2, -0.15) is 0 Å². The van der Waals surface area contributed by atoms with Gasteiger partial charge in [0, 0.05) is 22.4 Å². The quantitative estimate of drug-likeness (QED) is 0.182. The monoisotopic (exact) mass is 709 g/mol. The van der Waals surface area contributed by atoms with Crippen molar-refractivity contribution in [3.05, 3.63) is 81.4 Å². The number of rotatable bonds is 8. The highest BCUT2D eigenvalue weighted by atomic mass is 127. The van der Waals surface area contributed by atoms with Crippen LogP contribution in [0.15, 0.2) is 65.8 Å². The number of carbonyl (C=O) groups is 2. The molecule has 1 amide bonds. The van der Waals surface area contributed by atoms with Crippen LogP contribution in [0.1, 0.15) is 31.9 Å². The fraction of sp³-hybridized carbons (Fsp3) is 0.276. The van der Waals surface area contributed by atoms with Gasteiger partial charge in [-0.15, -0.1) is 0 Å². The number of fused-ring (bicyclic) bond motifs is 1. The Bertz CT molecular complexity index is 1770. The number of alkyl carbamates (subject to hydrolysis) is 1. The maximum absolute atomic E-state index is 15.2.